The topological polar surface area (TPSA) is 50.9 Å². The fourth-order valence-electron chi connectivity index (χ4n) is 1.16. The fourth-order valence-corrected chi connectivity index (χ4v) is 1.72. The Kier molecular flexibility index (Phi) is 4.51. The molecule has 1 rings (SSSR count). The summed E-state index contributed by atoms with van der Waals surface area (Å²) in [5, 5.41) is 3.42. The van der Waals surface area contributed by atoms with E-state index >= 15 is 0 Å². The number of nitrogens with two attached hydrogens (primary N) is 1. The first-order chi connectivity index (χ1) is 6.70. The molecular formula is C10H19N3S. The number of aromatic nitrogens is 1. The molecule has 0 bridgehead atoms. The molecule has 0 aliphatic carbocycles. The summed E-state index contributed by atoms with van der Waals surface area (Å²) < 4.78 is 0. The van der Waals surface area contributed by atoms with Gasteiger partial charge < -0.3 is 11.1 Å². The van der Waals surface area contributed by atoms with Crippen LogP contribution in [0.2, 0.25) is 0 Å². The standard InChI is InChI=1S/C10H19N3S/c1-3-10(2,6-11)7-12-4-9-5-13-8-14-9/h5,8,12H,3-4,6-7,11H2,1-2H3. The van der Waals surface area contributed by atoms with Crippen LogP contribution in [0.1, 0.15) is 25.1 Å². The maximum atomic E-state index is 5.73. The molecule has 0 aliphatic rings. The van der Waals surface area contributed by atoms with Crippen LogP contribution in [-0.4, -0.2) is 18.1 Å². The first-order valence-corrected chi connectivity index (χ1v) is 5.86. The van der Waals surface area contributed by atoms with Crippen LogP contribution in [-0.2, 0) is 6.54 Å². The lowest BCUT2D eigenvalue weighted by atomic mass is 9.88. The smallest absolute Gasteiger partial charge is 0.0794 e. The average Bonchev–Trinajstić information content (AvgIpc) is 2.70. The average molecular weight is 213 g/mol. The summed E-state index contributed by atoms with van der Waals surface area (Å²) >= 11 is 1.68. The number of rotatable bonds is 6. The maximum absolute atomic E-state index is 5.73. The second kappa shape index (κ2) is 5.44. The maximum Gasteiger partial charge on any atom is 0.0794 e. The molecule has 1 heterocycles. The van der Waals surface area contributed by atoms with Crippen LogP contribution < -0.4 is 11.1 Å². The Hall–Kier alpha value is -0.450. The molecule has 0 radical (unpaired) electrons. The second-order valence-corrected chi connectivity index (χ2v) is 4.91. The van der Waals surface area contributed by atoms with Gasteiger partial charge in [-0.25, -0.2) is 0 Å². The van der Waals surface area contributed by atoms with Gasteiger partial charge in [-0.1, -0.05) is 13.8 Å². The highest BCUT2D eigenvalue weighted by atomic mass is 32.1. The van der Waals surface area contributed by atoms with Crippen molar-refractivity contribution in [2.24, 2.45) is 11.1 Å². The van der Waals surface area contributed by atoms with Crippen LogP contribution in [0.4, 0.5) is 0 Å². The molecule has 0 amide bonds. The van der Waals surface area contributed by atoms with Gasteiger partial charge in [0.1, 0.15) is 0 Å². The molecule has 0 aliphatic heterocycles. The van der Waals surface area contributed by atoms with E-state index in [1.54, 1.807) is 11.3 Å². The lowest BCUT2D eigenvalue weighted by Gasteiger charge is -2.26. The minimum absolute atomic E-state index is 0.227. The van der Waals surface area contributed by atoms with Crippen LogP contribution in [0.15, 0.2) is 11.7 Å². The third kappa shape index (κ3) is 3.36. The minimum Gasteiger partial charge on any atom is -0.330 e. The van der Waals surface area contributed by atoms with E-state index in [0.29, 0.717) is 0 Å². The van der Waals surface area contributed by atoms with Crippen LogP contribution in [0.5, 0.6) is 0 Å². The number of nitrogens with zero attached hydrogens (tertiary/aromatic N) is 1. The predicted octanol–water partition coefficient (Wildman–Crippen LogP) is 1.61. The third-order valence-corrected chi connectivity index (χ3v) is 3.46. The molecule has 14 heavy (non-hydrogen) atoms. The van der Waals surface area contributed by atoms with E-state index in [1.165, 1.54) is 4.88 Å². The van der Waals surface area contributed by atoms with Gasteiger partial charge in [-0.3, -0.25) is 4.98 Å². The van der Waals surface area contributed by atoms with Crippen molar-refractivity contribution in [3.05, 3.63) is 16.6 Å². The zero-order valence-electron chi connectivity index (χ0n) is 8.92. The van der Waals surface area contributed by atoms with E-state index in [4.69, 9.17) is 5.73 Å². The summed E-state index contributed by atoms with van der Waals surface area (Å²) in [6, 6.07) is 0. The molecule has 0 saturated carbocycles. The minimum atomic E-state index is 0.227. The second-order valence-electron chi connectivity index (χ2n) is 3.94. The summed E-state index contributed by atoms with van der Waals surface area (Å²) in [6.45, 7) is 7.01. The first kappa shape index (κ1) is 11.6. The number of hydrogen-bond donors (Lipinski definition) is 2. The van der Waals surface area contributed by atoms with Crippen molar-refractivity contribution < 1.29 is 0 Å². The number of nitrogens with one attached hydrogen (secondary N) is 1. The lowest BCUT2D eigenvalue weighted by molar-refractivity contribution is 0.303. The Labute approximate surface area is 89.7 Å². The van der Waals surface area contributed by atoms with Crippen molar-refractivity contribution in [1.82, 2.24) is 10.3 Å². The van der Waals surface area contributed by atoms with Crippen LogP contribution in [0, 0.1) is 5.41 Å². The van der Waals surface area contributed by atoms with Crippen molar-refractivity contribution in [2.45, 2.75) is 26.8 Å². The van der Waals surface area contributed by atoms with Gasteiger partial charge in [0.15, 0.2) is 0 Å². The van der Waals surface area contributed by atoms with Gasteiger partial charge in [-0.05, 0) is 18.4 Å². The molecule has 80 valence electrons. The zero-order chi connectivity index (χ0) is 10.4. The van der Waals surface area contributed by atoms with Gasteiger partial charge >= 0.3 is 0 Å². The van der Waals surface area contributed by atoms with Crippen molar-refractivity contribution in [3.8, 4) is 0 Å². The van der Waals surface area contributed by atoms with Crippen LogP contribution in [0.3, 0.4) is 0 Å². The molecule has 3 nitrogen and oxygen atoms in total. The Morgan fingerprint density at radius 3 is 2.93 bits per heavy atom. The summed E-state index contributed by atoms with van der Waals surface area (Å²) in [4.78, 5) is 5.31. The van der Waals surface area contributed by atoms with Gasteiger partial charge in [0, 0.05) is 24.2 Å². The Morgan fingerprint density at radius 1 is 1.64 bits per heavy atom. The van der Waals surface area contributed by atoms with Crippen molar-refractivity contribution >= 4 is 11.3 Å². The molecule has 1 atom stereocenters. The van der Waals surface area contributed by atoms with Gasteiger partial charge in [-0.2, -0.15) is 0 Å². The van der Waals surface area contributed by atoms with Crippen molar-refractivity contribution in [1.29, 1.82) is 0 Å². The quantitative estimate of drug-likeness (QED) is 0.755. The Morgan fingerprint density at radius 2 is 2.43 bits per heavy atom. The SMILES string of the molecule is CCC(C)(CN)CNCc1cncs1. The highest BCUT2D eigenvalue weighted by molar-refractivity contribution is 7.09. The summed E-state index contributed by atoms with van der Waals surface area (Å²) in [5.74, 6) is 0. The van der Waals surface area contributed by atoms with Crippen molar-refractivity contribution in [3.63, 3.8) is 0 Å². The largest absolute Gasteiger partial charge is 0.330 e. The van der Waals surface area contributed by atoms with Crippen LogP contribution in [0.25, 0.3) is 0 Å². The number of hydrogen-bond acceptors (Lipinski definition) is 4. The van der Waals surface area contributed by atoms with E-state index < -0.39 is 0 Å². The molecule has 1 aromatic rings. The van der Waals surface area contributed by atoms with Crippen LogP contribution >= 0.6 is 11.3 Å². The molecule has 4 heteroatoms. The van der Waals surface area contributed by atoms with Gasteiger partial charge in [-0.15, -0.1) is 11.3 Å². The Bertz CT molecular complexity index is 242. The molecule has 1 unspecified atom stereocenters. The molecule has 0 aromatic carbocycles. The van der Waals surface area contributed by atoms with E-state index in [0.717, 1.165) is 26.1 Å². The summed E-state index contributed by atoms with van der Waals surface area (Å²) in [6.07, 6.45) is 3.02. The highest BCUT2D eigenvalue weighted by Crippen LogP contribution is 2.17. The van der Waals surface area contributed by atoms with Crippen molar-refractivity contribution in [2.75, 3.05) is 13.1 Å². The highest BCUT2D eigenvalue weighted by Gasteiger charge is 2.18. The van der Waals surface area contributed by atoms with E-state index in [2.05, 4.69) is 24.1 Å². The van der Waals surface area contributed by atoms with Gasteiger partial charge in [0.25, 0.3) is 0 Å². The normalized spacial score (nSPS) is 15.4. The van der Waals surface area contributed by atoms with E-state index in [1.807, 2.05) is 11.7 Å². The van der Waals surface area contributed by atoms with Gasteiger partial charge in [0.05, 0.1) is 5.51 Å². The zero-order valence-corrected chi connectivity index (χ0v) is 9.73. The first-order valence-electron chi connectivity index (χ1n) is 4.98. The predicted molar refractivity (Wildman–Crippen MR) is 61.3 cm³/mol. The fraction of sp³-hybridized carbons (Fsp3) is 0.700. The summed E-state index contributed by atoms with van der Waals surface area (Å²) in [7, 11) is 0. The van der Waals surface area contributed by atoms with E-state index in [9.17, 15) is 0 Å². The third-order valence-electron chi connectivity index (χ3n) is 2.68. The monoisotopic (exact) mass is 213 g/mol. The lowest BCUT2D eigenvalue weighted by Crippen LogP contribution is -2.37. The number of thiazole rings is 1. The Balaban J connectivity index is 2.27. The molecule has 0 saturated heterocycles. The summed E-state index contributed by atoms with van der Waals surface area (Å²) in [5.41, 5.74) is 7.81. The molecular weight excluding hydrogens is 194 g/mol. The van der Waals surface area contributed by atoms with E-state index in [-0.39, 0.29) is 5.41 Å². The molecule has 0 spiro atoms. The molecule has 0 fully saturated rings. The molecule has 1 aromatic heterocycles. The molecule has 3 N–H and O–H groups in total. The van der Waals surface area contributed by atoms with Gasteiger partial charge in [0.2, 0.25) is 0 Å².